The van der Waals surface area contributed by atoms with E-state index in [4.69, 9.17) is 5.11 Å². The third-order valence-electron chi connectivity index (χ3n) is 2.13. The molecule has 0 amide bonds. The number of azo groups is 1. The van der Waals surface area contributed by atoms with Crippen LogP contribution in [0.15, 0.2) is 46.0 Å². The number of alkyl halides is 3. The summed E-state index contributed by atoms with van der Waals surface area (Å²) in [4.78, 5) is 20.8. The summed E-state index contributed by atoms with van der Waals surface area (Å²) in [6.45, 7) is 0.768. The van der Waals surface area contributed by atoms with Gasteiger partial charge in [-0.15, -0.1) is 5.11 Å². The third-order valence-corrected chi connectivity index (χ3v) is 2.13. The Balaban J connectivity index is 3.20. The second kappa shape index (κ2) is 6.11. The molecule has 0 unspecified atom stereocenters. The van der Waals surface area contributed by atoms with Crippen molar-refractivity contribution in [2.24, 2.45) is 10.2 Å². The van der Waals surface area contributed by atoms with Gasteiger partial charge in [-0.05, 0) is 6.07 Å². The maximum absolute atomic E-state index is 12.3. The number of benzene rings is 1. The topological polar surface area (TPSA) is 105 Å². The lowest BCUT2D eigenvalue weighted by molar-refractivity contribution is -0.384. The van der Waals surface area contributed by atoms with Crippen molar-refractivity contribution in [2.45, 2.75) is 13.1 Å². The molecular formula is C11H8F3N3O4. The highest BCUT2D eigenvalue weighted by molar-refractivity contribution is 5.93. The second-order valence-electron chi connectivity index (χ2n) is 3.73. The highest BCUT2D eigenvalue weighted by atomic mass is 19.4. The number of aliphatic hydroxyl groups excluding tert-OH is 1. The highest BCUT2D eigenvalue weighted by Gasteiger charge is 2.38. The number of halogens is 3. The van der Waals surface area contributed by atoms with Gasteiger partial charge in [-0.3, -0.25) is 14.9 Å². The van der Waals surface area contributed by atoms with Crippen LogP contribution in [0.2, 0.25) is 0 Å². The van der Waals surface area contributed by atoms with Crippen molar-refractivity contribution in [3.05, 3.63) is 45.8 Å². The Labute approximate surface area is 115 Å². The molecule has 0 aliphatic carbocycles. The summed E-state index contributed by atoms with van der Waals surface area (Å²) in [5.74, 6) is -3.33. The highest BCUT2D eigenvalue weighted by Crippen LogP contribution is 2.28. The molecule has 0 heterocycles. The summed E-state index contributed by atoms with van der Waals surface area (Å²) in [6.07, 6.45) is -5.15. The molecule has 0 bridgehead atoms. The first-order valence-corrected chi connectivity index (χ1v) is 5.30. The van der Waals surface area contributed by atoms with Crippen LogP contribution in [0, 0.1) is 10.1 Å². The fourth-order valence-electron chi connectivity index (χ4n) is 1.20. The first kappa shape index (κ1) is 16.3. The quantitative estimate of drug-likeness (QED) is 0.301. The number of carbonyl (C=O) groups is 1. The van der Waals surface area contributed by atoms with Gasteiger partial charge in [0, 0.05) is 19.1 Å². The Bertz CT molecular complexity index is 638. The van der Waals surface area contributed by atoms with Crippen LogP contribution in [-0.2, 0) is 4.79 Å². The summed E-state index contributed by atoms with van der Waals surface area (Å²) in [5.41, 5.74) is -1.77. The lowest BCUT2D eigenvalue weighted by Crippen LogP contribution is -2.16. The van der Waals surface area contributed by atoms with Crippen LogP contribution in [0.4, 0.5) is 24.5 Å². The number of carbonyl (C=O) groups excluding carboxylic acids is 1. The fraction of sp³-hybridized carbons (Fsp3) is 0.182. The summed E-state index contributed by atoms with van der Waals surface area (Å²) in [5, 5.41) is 25.7. The molecule has 10 heteroatoms. The molecule has 0 saturated heterocycles. The van der Waals surface area contributed by atoms with E-state index in [2.05, 4.69) is 10.2 Å². The van der Waals surface area contributed by atoms with Crippen molar-refractivity contribution >= 4 is 17.2 Å². The molecular weight excluding hydrogens is 295 g/mol. The van der Waals surface area contributed by atoms with Gasteiger partial charge in [0.1, 0.15) is 0 Å². The minimum absolute atomic E-state index is 0.141. The molecule has 112 valence electrons. The number of nitrogens with zero attached hydrogens (tertiary/aromatic N) is 3. The van der Waals surface area contributed by atoms with Crippen molar-refractivity contribution < 1.29 is 28.0 Å². The zero-order valence-corrected chi connectivity index (χ0v) is 10.5. The maximum Gasteiger partial charge on any atom is 0.451 e. The molecule has 21 heavy (non-hydrogen) atoms. The number of hydrogen-bond donors (Lipinski definition) is 1. The van der Waals surface area contributed by atoms with Crippen LogP contribution in [0.1, 0.15) is 6.92 Å². The molecule has 0 fully saturated rings. The monoisotopic (exact) mass is 303 g/mol. The van der Waals surface area contributed by atoms with Crippen LogP contribution in [0.3, 0.4) is 0 Å². The van der Waals surface area contributed by atoms with Crippen LogP contribution in [-0.4, -0.2) is 22.0 Å². The number of non-ortho nitro benzene ring substituents is 1. The predicted molar refractivity (Wildman–Crippen MR) is 64.0 cm³/mol. The Morgan fingerprint density at radius 3 is 2.48 bits per heavy atom. The minimum atomic E-state index is -5.15. The lowest BCUT2D eigenvalue weighted by atomic mass is 10.2. The number of allylic oxidation sites excluding steroid dienone is 2. The van der Waals surface area contributed by atoms with Crippen molar-refractivity contribution in [1.29, 1.82) is 0 Å². The number of Topliss-reactive ketones (excluding diaryl/α,β-unsaturated/α-hetero) is 1. The standard InChI is InChI=1S/C11H8F3N3O4/c1-6(18)9(10(19)11(12,13)14)16-15-7-3-2-4-8(5-7)17(20)21/h2-5,19H,1H3/b10-9+,16-15?. The van der Waals surface area contributed by atoms with Crippen LogP contribution in [0.25, 0.3) is 0 Å². The van der Waals surface area contributed by atoms with E-state index in [1.54, 1.807) is 0 Å². The van der Waals surface area contributed by atoms with E-state index in [9.17, 15) is 28.1 Å². The second-order valence-corrected chi connectivity index (χ2v) is 3.73. The number of aliphatic hydroxyl groups is 1. The first-order chi connectivity index (χ1) is 9.62. The number of nitro benzene ring substituents is 1. The molecule has 1 aromatic rings. The van der Waals surface area contributed by atoms with Crippen molar-refractivity contribution in [2.75, 3.05) is 0 Å². The summed E-state index contributed by atoms with van der Waals surface area (Å²) < 4.78 is 36.9. The Morgan fingerprint density at radius 1 is 1.38 bits per heavy atom. The molecule has 0 atom stereocenters. The largest absolute Gasteiger partial charge is 0.503 e. The number of ketones is 1. The lowest BCUT2D eigenvalue weighted by Gasteiger charge is -2.06. The average molecular weight is 303 g/mol. The first-order valence-electron chi connectivity index (χ1n) is 5.30. The number of nitro groups is 1. The number of rotatable bonds is 4. The Morgan fingerprint density at radius 2 is 2.00 bits per heavy atom. The van der Waals surface area contributed by atoms with E-state index in [0.717, 1.165) is 19.1 Å². The normalized spacial score (nSPS) is 13.1. The summed E-state index contributed by atoms with van der Waals surface area (Å²) in [7, 11) is 0. The Kier molecular flexibility index (Phi) is 4.74. The molecule has 1 rings (SSSR count). The van der Waals surface area contributed by atoms with Gasteiger partial charge in [-0.2, -0.15) is 18.3 Å². The molecule has 0 spiro atoms. The van der Waals surface area contributed by atoms with E-state index in [0.29, 0.717) is 0 Å². The van der Waals surface area contributed by atoms with Gasteiger partial charge in [0.25, 0.3) is 5.69 Å². The van der Waals surface area contributed by atoms with Gasteiger partial charge in [0.15, 0.2) is 11.5 Å². The zero-order valence-electron chi connectivity index (χ0n) is 10.5. The molecule has 0 aliphatic rings. The van der Waals surface area contributed by atoms with Gasteiger partial charge < -0.3 is 5.11 Å². The summed E-state index contributed by atoms with van der Waals surface area (Å²) >= 11 is 0. The fourth-order valence-corrected chi connectivity index (χ4v) is 1.20. The predicted octanol–water partition coefficient (Wildman–Crippen LogP) is 3.60. The molecule has 1 aromatic carbocycles. The van der Waals surface area contributed by atoms with Gasteiger partial charge in [0.05, 0.1) is 10.6 Å². The van der Waals surface area contributed by atoms with Crippen molar-refractivity contribution in [3.63, 3.8) is 0 Å². The van der Waals surface area contributed by atoms with Crippen molar-refractivity contribution in [1.82, 2.24) is 0 Å². The van der Waals surface area contributed by atoms with Crippen LogP contribution < -0.4 is 0 Å². The Hall–Kier alpha value is -2.78. The van der Waals surface area contributed by atoms with Crippen molar-refractivity contribution in [3.8, 4) is 0 Å². The molecule has 0 aromatic heterocycles. The zero-order chi connectivity index (χ0) is 16.2. The molecule has 1 N–H and O–H groups in total. The maximum atomic E-state index is 12.3. The van der Waals surface area contributed by atoms with E-state index >= 15 is 0 Å². The van der Waals surface area contributed by atoms with Gasteiger partial charge in [0.2, 0.25) is 5.76 Å². The van der Waals surface area contributed by atoms with E-state index in [1.807, 2.05) is 0 Å². The van der Waals surface area contributed by atoms with Gasteiger partial charge in [-0.1, -0.05) is 6.07 Å². The van der Waals surface area contributed by atoms with Crippen LogP contribution >= 0.6 is 0 Å². The molecule has 7 nitrogen and oxygen atoms in total. The molecule has 0 radical (unpaired) electrons. The SMILES string of the molecule is CC(=O)/C(N=Nc1cccc([N+](=O)[O-])c1)=C(\O)C(F)(F)F. The van der Waals surface area contributed by atoms with E-state index in [-0.39, 0.29) is 11.4 Å². The number of hydrogen-bond acceptors (Lipinski definition) is 6. The molecule has 0 aliphatic heterocycles. The molecule has 0 saturated carbocycles. The minimum Gasteiger partial charge on any atom is -0.503 e. The average Bonchev–Trinajstić information content (AvgIpc) is 2.37. The van der Waals surface area contributed by atoms with Crippen LogP contribution in [0.5, 0.6) is 0 Å². The smallest absolute Gasteiger partial charge is 0.451 e. The van der Waals surface area contributed by atoms with E-state index in [1.165, 1.54) is 12.1 Å². The van der Waals surface area contributed by atoms with Gasteiger partial charge in [-0.25, -0.2) is 0 Å². The van der Waals surface area contributed by atoms with Gasteiger partial charge >= 0.3 is 6.18 Å². The summed E-state index contributed by atoms with van der Waals surface area (Å²) in [6, 6.07) is 4.58. The van der Waals surface area contributed by atoms with E-state index < -0.39 is 28.3 Å². The third kappa shape index (κ3) is 4.37.